The lowest BCUT2D eigenvalue weighted by Gasteiger charge is -2.23. The summed E-state index contributed by atoms with van der Waals surface area (Å²) in [6.07, 6.45) is 2.05. The van der Waals surface area contributed by atoms with Gasteiger partial charge in [-0.3, -0.25) is 4.79 Å². The highest BCUT2D eigenvalue weighted by Gasteiger charge is 2.22. The predicted octanol–water partition coefficient (Wildman–Crippen LogP) is 2.48. The average Bonchev–Trinajstić information content (AvgIpc) is 3.33. The molecule has 25 heavy (non-hydrogen) atoms. The quantitative estimate of drug-likeness (QED) is 0.756. The number of hydrogen-bond acceptors (Lipinski definition) is 5. The minimum Gasteiger partial charge on any atom is -0.345 e. The number of rotatable bonds is 4. The largest absolute Gasteiger partial charge is 0.345 e. The minimum atomic E-state index is -0.221. The van der Waals surface area contributed by atoms with E-state index in [0.29, 0.717) is 5.82 Å². The first-order chi connectivity index (χ1) is 12.3. The summed E-state index contributed by atoms with van der Waals surface area (Å²) in [7, 11) is 0. The molecule has 1 atom stereocenters. The lowest BCUT2D eigenvalue weighted by Crippen LogP contribution is -2.45. The van der Waals surface area contributed by atoms with Gasteiger partial charge in [-0.25, -0.2) is 9.67 Å². The number of thiophene rings is 1. The maximum absolute atomic E-state index is 12.6. The first-order valence-corrected chi connectivity index (χ1v) is 9.27. The van der Waals surface area contributed by atoms with Crippen molar-refractivity contribution in [1.82, 2.24) is 25.4 Å². The van der Waals surface area contributed by atoms with Crippen LogP contribution in [0.5, 0.6) is 0 Å². The molecule has 4 rings (SSSR count). The van der Waals surface area contributed by atoms with Gasteiger partial charge in [0.2, 0.25) is 5.82 Å². The van der Waals surface area contributed by atoms with Gasteiger partial charge in [0.1, 0.15) is 0 Å². The number of para-hydroxylation sites is 1. The Morgan fingerprint density at radius 1 is 1.24 bits per heavy atom. The summed E-state index contributed by atoms with van der Waals surface area (Å²) >= 11 is 1.58. The van der Waals surface area contributed by atoms with Crippen molar-refractivity contribution < 1.29 is 4.79 Å². The molecule has 1 amide bonds. The Morgan fingerprint density at radius 3 is 2.84 bits per heavy atom. The number of benzene rings is 1. The van der Waals surface area contributed by atoms with E-state index in [4.69, 9.17) is 0 Å². The number of piperidine rings is 1. The highest BCUT2D eigenvalue weighted by molar-refractivity contribution is 7.13. The van der Waals surface area contributed by atoms with Gasteiger partial charge in [0.15, 0.2) is 5.82 Å². The summed E-state index contributed by atoms with van der Waals surface area (Å²) < 4.78 is 1.74. The summed E-state index contributed by atoms with van der Waals surface area (Å²) in [5, 5.41) is 12.8. The number of amides is 1. The van der Waals surface area contributed by atoms with Crippen LogP contribution in [0.1, 0.15) is 23.5 Å². The molecule has 2 N–H and O–H groups in total. The van der Waals surface area contributed by atoms with Gasteiger partial charge in [0.25, 0.3) is 5.91 Å². The predicted molar refractivity (Wildman–Crippen MR) is 98.0 cm³/mol. The second-order valence-electron chi connectivity index (χ2n) is 6.00. The molecule has 2 aromatic heterocycles. The third kappa shape index (κ3) is 3.47. The molecule has 1 aromatic carbocycles. The fraction of sp³-hybridized carbons (Fsp3) is 0.278. The first kappa shape index (κ1) is 16.0. The number of carbonyl (C=O) groups is 1. The first-order valence-electron chi connectivity index (χ1n) is 8.39. The Bertz CT molecular complexity index is 838. The Morgan fingerprint density at radius 2 is 2.12 bits per heavy atom. The summed E-state index contributed by atoms with van der Waals surface area (Å²) in [5.74, 6) is 0.673. The molecule has 0 radical (unpaired) electrons. The zero-order chi connectivity index (χ0) is 17.1. The van der Waals surface area contributed by atoms with Crippen LogP contribution in [0.3, 0.4) is 0 Å². The van der Waals surface area contributed by atoms with Crippen molar-refractivity contribution in [1.29, 1.82) is 0 Å². The van der Waals surface area contributed by atoms with E-state index in [0.717, 1.165) is 36.5 Å². The third-order valence-electron chi connectivity index (χ3n) is 4.18. The van der Waals surface area contributed by atoms with Gasteiger partial charge in [-0.2, -0.15) is 0 Å². The zero-order valence-electron chi connectivity index (χ0n) is 13.7. The summed E-state index contributed by atoms with van der Waals surface area (Å²) in [6, 6.07) is 13.9. The van der Waals surface area contributed by atoms with Crippen LogP contribution < -0.4 is 10.6 Å². The molecular formula is C18H19N5OS. The molecule has 128 valence electrons. The fourth-order valence-electron chi connectivity index (χ4n) is 2.95. The average molecular weight is 353 g/mol. The van der Waals surface area contributed by atoms with Crippen molar-refractivity contribution in [3.63, 3.8) is 0 Å². The van der Waals surface area contributed by atoms with Crippen LogP contribution >= 0.6 is 11.3 Å². The normalized spacial score (nSPS) is 17.4. The Balaban J connectivity index is 1.66. The molecular weight excluding hydrogens is 334 g/mol. The third-order valence-corrected chi connectivity index (χ3v) is 5.05. The second-order valence-corrected chi connectivity index (χ2v) is 6.95. The van der Waals surface area contributed by atoms with Crippen molar-refractivity contribution >= 4 is 17.2 Å². The molecule has 7 heteroatoms. The number of nitrogens with zero attached hydrogens (tertiary/aromatic N) is 3. The Kier molecular flexibility index (Phi) is 4.58. The van der Waals surface area contributed by atoms with Crippen LogP contribution in [0.25, 0.3) is 16.4 Å². The van der Waals surface area contributed by atoms with Gasteiger partial charge in [0.05, 0.1) is 10.6 Å². The van der Waals surface area contributed by atoms with E-state index in [1.165, 1.54) is 0 Å². The van der Waals surface area contributed by atoms with Crippen LogP contribution in [-0.4, -0.2) is 39.8 Å². The van der Waals surface area contributed by atoms with E-state index in [9.17, 15) is 4.79 Å². The summed E-state index contributed by atoms with van der Waals surface area (Å²) in [6.45, 7) is 1.80. The standard InChI is InChI=1S/C18H19N5OS/c24-18(20-13-6-4-10-19-12-13)16-21-17(15-9-5-11-25-15)23(22-16)14-7-2-1-3-8-14/h1-3,5,7-9,11,13,19H,4,6,10,12H2,(H,20,24). The number of carbonyl (C=O) groups excluding carboxylic acids is 1. The molecule has 3 aromatic rings. The van der Waals surface area contributed by atoms with Gasteiger partial charge < -0.3 is 10.6 Å². The summed E-state index contributed by atoms with van der Waals surface area (Å²) in [5.41, 5.74) is 0.886. The molecule has 0 spiro atoms. The van der Waals surface area contributed by atoms with Crippen molar-refractivity contribution in [2.45, 2.75) is 18.9 Å². The van der Waals surface area contributed by atoms with Gasteiger partial charge in [-0.05, 0) is 43.0 Å². The lowest BCUT2D eigenvalue weighted by molar-refractivity contribution is 0.0920. The van der Waals surface area contributed by atoms with E-state index < -0.39 is 0 Å². The van der Waals surface area contributed by atoms with E-state index in [1.54, 1.807) is 16.0 Å². The van der Waals surface area contributed by atoms with Crippen molar-refractivity contribution in [2.24, 2.45) is 0 Å². The molecule has 1 aliphatic rings. The van der Waals surface area contributed by atoms with Gasteiger partial charge in [-0.1, -0.05) is 24.3 Å². The molecule has 6 nitrogen and oxygen atoms in total. The number of nitrogens with one attached hydrogen (secondary N) is 2. The van der Waals surface area contributed by atoms with E-state index in [2.05, 4.69) is 20.7 Å². The summed E-state index contributed by atoms with van der Waals surface area (Å²) in [4.78, 5) is 18.1. The highest BCUT2D eigenvalue weighted by atomic mass is 32.1. The molecule has 1 fully saturated rings. The van der Waals surface area contributed by atoms with Gasteiger partial charge >= 0.3 is 0 Å². The molecule has 0 aliphatic carbocycles. The highest BCUT2D eigenvalue weighted by Crippen LogP contribution is 2.25. The van der Waals surface area contributed by atoms with E-state index in [1.807, 2.05) is 47.8 Å². The van der Waals surface area contributed by atoms with E-state index in [-0.39, 0.29) is 17.8 Å². The van der Waals surface area contributed by atoms with Gasteiger partial charge in [-0.15, -0.1) is 16.4 Å². The van der Waals surface area contributed by atoms with Crippen molar-refractivity contribution in [2.75, 3.05) is 13.1 Å². The number of hydrogen-bond donors (Lipinski definition) is 2. The molecule has 3 heterocycles. The van der Waals surface area contributed by atoms with Crippen molar-refractivity contribution in [3.8, 4) is 16.4 Å². The van der Waals surface area contributed by atoms with Crippen LogP contribution in [0.4, 0.5) is 0 Å². The lowest BCUT2D eigenvalue weighted by atomic mass is 10.1. The maximum atomic E-state index is 12.6. The Hall–Kier alpha value is -2.51. The van der Waals surface area contributed by atoms with Crippen LogP contribution in [0, 0.1) is 0 Å². The smallest absolute Gasteiger partial charge is 0.291 e. The van der Waals surface area contributed by atoms with Crippen LogP contribution in [-0.2, 0) is 0 Å². The zero-order valence-corrected chi connectivity index (χ0v) is 14.5. The number of aromatic nitrogens is 3. The van der Waals surface area contributed by atoms with Crippen LogP contribution in [0.2, 0.25) is 0 Å². The fourth-order valence-corrected chi connectivity index (χ4v) is 3.65. The monoisotopic (exact) mass is 353 g/mol. The molecule has 1 aliphatic heterocycles. The Labute approximate surface area is 149 Å². The maximum Gasteiger partial charge on any atom is 0.291 e. The molecule has 0 bridgehead atoms. The minimum absolute atomic E-state index is 0.134. The van der Waals surface area contributed by atoms with E-state index >= 15 is 0 Å². The second kappa shape index (κ2) is 7.16. The van der Waals surface area contributed by atoms with Crippen molar-refractivity contribution in [3.05, 3.63) is 53.7 Å². The van der Waals surface area contributed by atoms with Gasteiger partial charge in [0, 0.05) is 12.6 Å². The molecule has 1 unspecified atom stereocenters. The topological polar surface area (TPSA) is 71.8 Å². The molecule has 0 saturated carbocycles. The SMILES string of the molecule is O=C(NC1CCCNC1)c1nc(-c2cccs2)n(-c2ccccc2)n1. The molecule has 1 saturated heterocycles. The van der Waals surface area contributed by atoms with Crippen LogP contribution in [0.15, 0.2) is 47.8 Å².